The molecule has 1 unspecified atom stereocenters. The number of hydrogen-bond acceptors (Lipinski definition) is 6. The van der Waals surface area contributed by atoms with Crippen molar-refractivity contribution in [2.45, 2.75) is 51.0 Å². The molecule has 4 aromatic rings. The fraction of sp³-hybridized carbons (Fsp3) is 0.323. The molecular formula is C31H33NO4S2. The van der Waals surface area contributed by atoms with Gasteiger partial charge in [-0.15, -0.1) is 16.1 Å². The Morgan fingerprint density at radius 1 is 1.00 bits per heavy atom. The highest BCUT2D eigenvalue weighted by Crippen LogP contribution is 2.38. The maximum absolute atomic E-state index is 13.0. The van der Waals surface area contributed by atoms with Gasteiger partial charge in [0.05, 0.1) is 25.7 Å². The van der Waals surface area contributed by atoms with Crippen LogP contribution in [0.25, 0.3) is 20.2 Å². The molecule has 0 amide bonds. The number of thiophene rings is 1. The third-order valence-electron chi connectivity index (χ3n) is 6.22. The largest absolute Gasteiger partial charge is 0.598 e. The van der Waals surface area contributed by atoms with Gasteiger partial charge in [-0.05, 0) is 69.2 Å². The minimum Gasteiger partial charge on any atom is -0.598 e. The van der Waals surface area contributed by atoms with Crippen molar-refractivity contribution in [1.29, 1.82) is 0 Å². The third kappa shape index (κ3) is 6.76. The second-order valence-corrected chi connectivity index (χ2v) is 13.4. The van der Waals surface area contributed by atoms with Gasteiger partial charge >= 0.3 is 5.97 Å². The van der Waals surface area contributed by atoms with Crippen LogP contribution in [0.15, 0.2) is 66.7 Å². The van der Waals surface area contributed by atoms with Crippen molar-refractivity contribution < 1.29 is 18.8 Å². The fourth-order valence-electron chi connectivity index (χ4n) is 4.05. The molecule has 0 spiro atoms. The molecule has 0 aliphatic rings. The van der Waals surface area contributed by atoms with E-state index in [2.05, 4.69) is 40.8 Å². The number of hydrogen-bond donors (Lipinski definition) is 1. The van der Waals surface area contributed by atoms with Crippen LogP contribution < -0.4 is 4.72 Å². The SMILES string of the molecule is COC(=O)CC(C)(N[S@+]([O-])C(C)(C)C)c1ccc2sc3ccc(C#CCOCc4ccccc4)cc3c2c1. The van der Waals surface area contributed by atoms with Crippen LogP contribution in [0.3, 0.4) is 0 Å². The highest BCUT2D eigenvalue weighted by atomic mass is 32.2. The fourth-order valence-corrected chi connectivity index (χ4v) is 6.02. The molecule has 1 heterocycles. The molecule has 0 aliphatic carbocycles. The van der Waals surface area contributed by atoms with Crippen molar-refractivity contribution in [3.63, 3.8) is 0 Å². The first-order valence-corrected chi connectivity index (χ1v) is 14.4. The molecule has 0 saturated heterocycles. The van der Waals surface area contributed by atoms with Crippen LogP contribution in [0.1, 0.15) is 50.8 Å². The van der Waals surface area contributed by atoms with Gasteiger partial charge in [-0.2, -0.15) is 0 Å². The van der Waals surface area contributed by atoms with Crippen molar-refractivity contribution in [2.75, 3.05) is 13.7 Å². The topological polar surface area (TPSA) is 70.6 Å². The van der Waals surface area contributed by atoms with Gasteiger partial charge in [-0.25, -0.2) is 0 Å². The summed E-state index contributed by atoms with van der Waals surface area (Å²) in [5.41, 5.74) is 2.03. The number of carbonyl (C=O) groups excluding carboxylic acids is 1. The summed E-state index contributed by atoms with van der Waals surface area (Å²) in [6, 6.07) is 22.4. The Bertz CT molecular complexity index is 1480. The molecule has 0 radical (unpaired) electrons. The zero-order chi connectivity index (χ0) is 27.3. The molecule has 198 valence electrons. The molecule has 0 bridgehead atoms. The highest BCUT2D eigenvalue weighted by Gasteiger charge is 2.39. The number of esters is 1. The summed E-state index contributed by atoms with van der Waals surface area (Å²) >= 11 is 0.327. The van der Waals surface area contributed by atoms with E-state index in [1.54, 1.807) is 11.3 Å². The number of benzene rings is 3. The molecule has 5 nitrogen and oxygen atoms in total. The summed E-state index contributed by atoms with van der Waals surface area (Å²) in [6.45, 7) is 8.49. The molecule has 3 aromatic carbocycles. The molecule has 1 N–H and O–H groups in total. The molecular weight excluding hydrogens is 514 g/mol. The number of ether oxygens (including phenoxy) is 2. The van der Waals surface area contributed by atoms with Crippen LogP contribution in [0.4, 0.5) is 0 Å². The average molecular weight is 548 g/mol. The van der Waals surface area contributed by atoms with E-state index in [9.17, 15) is 9.35 Å². The van der Waals surface area contributed by atoms with Crippen LogP contribution >= 0.6 is 11.3 Å². The number of carbonyl (C=O) groups is 1. The Morgan fingerprint density at radius 2 is 1.68 bits per heavy atom. The van der Waals surface area contributed by atoms with Crippen LogP contribution in [0, 0.1) is 11.8 Å². The van der Waals surface area contributed by atoms with E-state index in [1.807, 2.05) is 70.2 Å². The van der Waals surface area contributed by atoms with Gasteiger partial charge in [0.15, 0.2) is 0 Å². The molecule has 0 aliphatic heterocycles. The second kappa shape index (κ2) is 11.9. The lowest BCUT2D eigenvalue weighted by Gasteiger charge is -2.34. The summed E-state index contributed by atoms with van der Waals surface area (Å²) in [6.07, 6.45) is 0.0542. The molecule has 0 fully saturated rings. The number of fused-ring (bicyclic) bond motifs is 3. The quantitative estimate of drug-likeness (QED) is 0.119. The molecule has 0 saturated carbocycles. The van der Waals surface area contributed by atoms with E-state index in [0.29, 0.717) is 13.2 Å². The van der Waals surface area contributed by atoms with Crippen molar-refractivity contribution in [1.82, 2.24) is 4.72 Å². The van der Waals surface area contributed by atoms with Crippen molar-refractivity contribution in [3.05, 3.63) is 83.4 Å². The predicted molar refractivity (Wildman–Crippen MR) is 157 cm³/mol. The Labute approximate surface area is 231 Å². The van der Waals surface area contributed by atoms with Gasteiger partial charge in [0.2, 0.25) is 0 Å². The summed E-state index contributed by atoms with van der Waals surface area (Å²) in [5, 5.41) is 2.17. The number of rotatable bonds is 8. The standard InChI is InChI=1S/C31H33NO4S2/c1-30(2,3)38(34)32-31(4,20-29(33)35-5)24-14-16-28-26(19-24)25-18-22(13-15-27(25)37-28)12-9-17-36-21-23-10-7-6-8-11-23/h6-8,10-11,13-16,18-19,32H,17,20-21H2,1-5H3/t31?,38-/m1/s1. The van der Waals surface area contributed by atoms with E-state index in [1.165, 1.54) is 7.11 Å². The average Bonchev–Trinajstić information content (AvgIpc) is 3.25. The third-order valence-corrected chi connectivity index (χ3v) is 9.12. The lowest BCUT2D eigenvalue weighted by Crippen LogP contribution is -2.50. The Kier molecular flexibility index (Phi) is 8.81. The normalized spacial score (nSPS) is 14.1. The van der Waals surface area contributed by atoms with Crippen molar-refractivity contribution >= 4 is 48.8 Å². The minimum atomic E-state index is -1.38. The van der Waals surface area contributed by atoms with Crippen LogP contribution in [0.2, 0.25) is 0 Å². The van der Waals surface area contributed by atoms with Crippen molar-refractivity contribution in [2.24, 2.45) is 0 Å². The first-order valence-electron chi connectivity index (χ1n) is 12.4. The van der Waals surface area contributed by atoms with E-state index >= 15 is 0 Å². The van der Waals surface area contributed by atoms with Gasteiger partial charge in [0, 0.05) is 37.1 Å². The van der Waals surface area contributed by atoms with Crippen LogP contribution in [-0.4, -0.2) is 29.0 Å². The summed E-state index contributed by atoms with van der Waals surface area (Å²) in [5.74, 6) is 5.96. The Hall–Kier alpha value is -2.86. The van der Waals surface area contributed by atoms with Crippen molar-refractivity contribution in [3.8, 4) is 11.8 Å². The highest BCUT2D eigenvalue weighted by molar-refractivity contribution is 7.90. The first-order chi connectivity index (χ1) is 18.1. The zero-order valence-corrected chi connectivity index (χ0v) is 24.1. The smallest absolute Gasteiger partial charge is 0.307 e. The maximum atomic E-state index is 13.0. The summed E-state index contributed by atoms with van der Waals surface area (Å²) in [4.78, 5) is 12.3. The molecule has 7 heteroatoms. The Morgan fingerprint density at radius 3 is 2.37 bits per heavy atom. The monoisotopic (exact) mass is 547 g/mol. The first kappa shape index (κ1) is 28.2. The van der Waals surface area contributed by atoms with E-state index in [-0.39, 0.29) is 12.4 Å². The predicted octanol–water partition coefficient (Wildman–Crippen LogP) is 6.45. The summed E-state index contributed by atoms with van der Waals surface area (Å²) < 4.78 is 28.7. The molecule has 1 aromatic heterocycles. The van der Waals surface area contributed by atoms with Gasteiger partial charge in [-0.1, -0.05) is 48.2 Å². The molecule has 38 heavy (non-hydrogen) atoms. The van der Waals surface area contributed by atoms with E-state index in [4.69, 9.17) is 9.47 Å². The van der Waals surface area contributed by atoms with Gasteiger partial charge in [0.25, 0.3) is 0 Å². The Balaban J connectivity index is 1.62. The minimum absolute atomic E-state index is 0.0542. The van der Waals surface area contributed by atoms with Crippen LogP contribution in [-0.2, 0) is 37.8 Å². The number of nitrogens with one attached hydrogen (secondary N) is 1. The van der Waals surface area contributed by atoms with E-state index in [0.717, 1.165) is 36.9 Å². The van der Waals surface area contributed by atoms with Gasteiger partial charge < -0.3 is 14.0 Å². The molecule has 2 atom stereocenters. The molecule has 4 rings (SSSR count). The number of methoxy groups -OCH3 is 1. The van der Waals surface area contributed by atoms with Gasteiger partial charge in [-0.3, -0.25) is 4.79 Å². The van der Waals surface area contributed by atoms with Gasteiger partial charge in [0.1, 0.15) is 11.4 Å². The second-order valence-electron chi connectivity index (χ2n) is 10.4. The zero-order valence-electron chi connectivity index (χ0n) is 22.4. The van der Waals surface area contributed by atoms with Crippen LogP contribution in [0.5, 0.6) is 0 Å². The maximum Gasteiger partial charge on any atom is 0.307 e. The lowest BCUT2D eigenvalue weighted by molar-refractivity contribution is -0.142. The summed E-state index contributed by atoms with van der Waals surface area (Å²) in [7, 11) is 1.37. The lowest BCUT2D eigenvalue weighted by atomic mass is 9.89. The van der Waals surface area contributed by atoms with E-state index < -0.39 is 21.6 Å².